The molecule has 2 unspecified atom stereocenters. The van der Waals surface area contributed by atoms with Gasteiger partial charge in [-0.1, -0.05) is 43.0 Å². The second kappa shape index (κ2) is 11.9. The summed E-state index contributed by atoms with van der Waals surface area (Å²) in [5, 5.41) is 22.6. The molecule has 0 radical (unpaired) electrons. The van der Waals surface area contributed by atoms with Gasteiger partial charge >= 0.3 is 0 Å². The van der Waals surface area contributed by atoms with Crippen LogP contribution in [0.2, 0.25) is 0 Å². The summed E-state index contributed by atoms with van der Waals surface area (Å²) in [6, 6.07) is 19.4. The fourth-order valence-corrected chi connectivity index (χ4v) is 6.98. The Morgan fingerprint density at radius 1 is 0.977 bits per heavy atom. The predicted octanol–water partition coefficient (Wildman–Crippen LogP) is 4.40. The van der Waals surface area contributed by atoms with Crippen molar-refractivity contribution in [2.75, 3.05) is 54.0 Å². The number of ether oxygens (including phenoxy) is 1. The molecule has 43 heavy (non-hydrogen) atoms. The van der Waals surface area contributed by atoms with Gasteiger partial charge < -0.3 is 24.3 Å². The molecular weight excluding hydrogens is 538 g/mol. The molecule has 1 aromatic heterocycles. The molecule has 0 spiro atoms. The number of hydrogen-bond donors (Lipinski definition) is 0. The number of pyridine rings is 1. The Labute approximate surface area is 253 Å². The number of fused-ring (bicyclic) bond motifs is 2. The minimum atomic E-state index is -0.264. The molecule has 0 bridgehead atoms. The molecule has 0 N–H and O–H groups in total. The Kier molecular flexibility index (Phi) is 7.92. The maximum absolute atomic E-state index is 12.6. The highest BCUT2D eigenvalue weighted by Gasteiger charge is 2.36. The quantitative estimate of drug-likeness (QED) is 0.413. The minimum Gasteiger partial charge on any atom is -0.372 e. The second-order valence-electron chi connectivity index (χ2n) is 11.7. The van der Waals surface area contributed by atoms with Gasteiger partial charge in [0.1, 0.15) is 17.7 Å². The number of piperazine rings is 1. The number of amides is 1. The third kappa shape index (κ3) is 5.37. The van der Waals surface area contributed by atoms with Crippen LogP contribution >= 0.6 is 0 Å². The summed E-state index contributed by atoms with van der Waals surface area (Å²) < 4.78 is 6.03. The standard InChI is InChI=1S/C34H37N7O2/c1-4-32(42)41-17-16-39(21-26(41)12-14-35)33-28-13-15-38(31-11-7-9-25-8-5-6-10-27(25)31)22-30(28)29(18-36)34(37-33)40-19-23(2)43-24(3)20-40/h4-11,23-24,26H,1,12-13,15-17,19-22H2,2-3H3/t23?,24?,26-/m1/s1. The van der Waals surface area contributed by atoms with Crippen LogP contribution in [0.3, 0.4) is 0 Å². The first kappa shape index (κ1) is 28.5. The van der Waals surface area contributed by atoms with E-state index in [1.165, 1.54) is 16.8 Å². The first-order valence-electron chi connectivity index (χ1n) is 15.1. The molecule has 3 atom stereocenters. The van der Waals surface area contributed by atoms with Crippen LogP contribution in [0.4, 0.5) is 17.3 Å². The van der Waals surface area contributed by atoms with Crippen molar-refractivity contribution < 1.29 is 9.53 Å². The van der Waals surface area contributed by atoms with Crippen molar-refractivity contribution in [2.24, 2.45) is 0 Å². The predicted molar refractivity (Wildman–Crippen MR) is 168 cm³/mol. The highest BCUT2D eigenvalue weighted by atomic mass is 16.5. The normalized spacial score (nSPS) is 22.1. The van der Waals surface area contributed by atoms with Gasteiger partial charge in [0, 0.05) is 62.5 Å². The van der Waals surface area contributed by atoms with Gasteiger partial charge in [0.15, 0.2) is 0 Å². The first-order chi connectivity index (χ1) is 20.9. The van der Waals surface area contributed by atoms with E-state index in [1.807, 2.05) is 0 Å². The number of hydrogen-bond acceptors (Lipinski definition) is 8. The van der Waals surface area contributed by atoms with Crippen LogP contribution in [-0.2, 0) is 22.5 Å². The minimum absolute atomic E-state index is 0.0113. The molecule has 2 fully saturated rings. The Balaban J connectivity index is 1.45. The number of carbonyl (C=O) groups is 1. The fourth-order valence-electron chi connectivity index (χ4n) is 6.98. The molecule has 2 aromatic carbocycles. The van der Waals surface area contributed by atoms with Gasteiger partial charge in [-0.05, 0) is 43.4 Å². The number of anilines is 3. The van der Waals surface area contributed by atoms with E-state index in [0.29, 0.717) is 50.6 Å². The molecule has 2 saturated heterocycles. The van der Waals surface area contributed by atoms with Crippen LogP contribution in [0.25, 0.3) is 10.8 Å². The van der Waals surface area contributed by atoms with Crippen molar-refractivity contribution in [1.29, 1.82) is 10.5 Å². The van der Waals surface area contributed by atoms with Crippen molar-refractivity contribution >= 4 is 34.0 Å². The number of morpholine rings is 1. The summed E-state index contributed by atoms with van der Waals surface area (Å²) >= 11 is 0. The molecule has 9 heteroatoms. The van der Waals surface area contributed by atoms with Gasteiger partial charge in [-0.15, -0.1) is 0 Å². The summed E-state index contributed by atoms with van der Waals surface area (Å²) in [6.07, 6.45) is 2.31. The number of benzene rings is 2. The number of nitriles is 2. The lowest BCUT2D eigenvalue weighted by Crippen LogP contribution is -2.55. The molecule has 4 heterocycles. The summed E-state index contributed by atoms with van der Waals surface area (Å²) in [7, 11) is 0. The smallest absolute Gasteiger partial charge is 0.246 e. The topological polar surface area (TPSA) is 99.7 Å². The summed E-state index contributed by atoms with van der Waals surface area (Å²) in [5.41, 5.74) is 3.88. The molecular formula is C34H37N7O2. The van der Waals surface area contributed by atoms with Crippen LogP contribution in [0.5, 0.6) is 0 Å². The van der Waals surface area contributed by atoms with Crippen LogP contribution in [0, 0.1) is 22.7 Å². The molecule has 0 aliphatic carbocycles. The SMILES string of the molecule is C=CC(=O)N1CCN(c2nc(N3CC(C)OC(C)C3)c(C#N)c3c2CCN(c2cccc4ccccc24)C3)C[C@H]1CC#N. The third-order valence-electron chi connectivity index (χ3n) is 8.86. The zero-order valence-corrected chi connectivity index (χ0v) is 24.9. The Morgan fingerprint density at radius 2 is 1.74 bits per heavy atom. The summed E-state index contributed by atoms with van der Waals surface area (Å²) in [6.45, 7) is 12.0. The Hall–Kier alpha value is -4.60. The first-order valence-corrected chi connectivity index (χ1v) is 15.1. The lowest BCUT2D eigenvalue weighted by Gasteiger charge is -2.43. The van der Waals surface area contributed by atoms with Crippen LogP contribution in [-0.4, -0.2) is 73.3 Å². The second-order valence-corrected chi connectivity index (χ2v) is 11.7. The molecule has 1 amide bonds. The maximum Gasteiger partial charge on any atom is 0.246 e. The summed E-state index contributed by atoms with van der Waals surface area (Å²) in [5.74, 6) is 1.40. The number of carbonyl (C=O) groups excluding carboxylic acids is 1. The van der Waals surface area contributed by atoms with Crippen LogP contribution in [0.15, 0.2) is 55.1 Å². The molecule has 3 aromatic rings. The average molecular weight is 576 g/mol. The monoisotopic (exact) mass is 575 g/mol. The van der Waals surface area contributed by atoms with Gasteiger partial charge in [-0.3, -0.25) is 4.79 Å². The van der Waals surface area contributed by atoms with E-state index in [9.17, 15) is 15.3 Å². The number of nitrogens with zero attached hydrogens (tertiary/aromatic N) is 7. The zero-order valence-electron chi connectivity index (χ0n) is 24.9. The van der Waals surface area contributed by atoms with Gasteiger partial charge in [-0.2, -0.15) is 10.5 Å². The van der Waals surface area contributed by atoms with Crippen LogP contribution in [0.1, 0.15) is 37.0 Å². The van der Waals surface area contributed by atoms with Crippen molar-refractivity contribution in [3.05, 3.63) is 71.8 Å². The molecule has 6 rings (SSSR count). The van der Waals surface area contributed by atoms with Gasteiger partial charge in [0.2, 0.25) is 5.91 Å². The van der Waals surface area contributed by atoms with E-state index < -0.39 is 0 Å². The van der Waals surface area contributed by atoms with Crippen molar-refractivity contribution in [2.45, 2.75) is 51.5 Å². The average Bonchev–Trinajstić information content (AvgIpc) is 3.02. The van der Waals surface area contributed by atoms with E-state index in [0.717, 1.165) is 35.6 Å². The summed E-state index contributed by atoms with van der Waals surface area (Å²) in [4.78, 5) is 26.4. The van der Waals surface area contributed by atoms with Crippen molar-refractivity contribution in [3.8, 4) is 12.1 Å². The van der Waals surface area contributed by atoms with Gasteiger partial charge in [0.25, 0.3) is 0 Å². The van der Waals surface area contributed by atoms with E-state index in [1.54, 1.807) is 4.90 Å². The van der Waals surface area contributed by atoms with E-state index in [-0.39, 0.29) is 30.6 Å². The molecule has 3 aliphatic rings. The number of rotatable bonds is 5. The maximum atomic E-state index is 12.6. The van der Waals surface area contributed by atoms with Crippen LogP contribution < -0.4 is 14.7 Å². The largest absolute Gasteiger partial charge is 0.372 e. The highest BCUT2D eigenvalue weighted by molar-refractivity contribution is 5.94. The highest BCUT2D eigenvalue weighted by Crippen LogP contribution is 2.39. The molecule has 220 valence electrons. The van der Waals surface area contributed by atoms with Crippen molar-refractivity contribution in [3.63, 3.8) is 0 Å². The van der Waals surface area contributed by atoms with Gasteiger partial charge in [-0.25, -0.2) is 4.98 Å². The fraction of sp³-hybridized carbons (Fsp3) is 0.412. The Morgan fingerprint density at radius 3 is 2.49 bits per heavy atom. The third-order valence-corrected chi connectivity index (χ3v) is 8.86. The van der Waals surface area contributed by atoms with Crippen molar-refractivity contribution in [1.82, 2.24) is 9.88 Å². The Bertz CT molecular complexity index is 1620. The van der Waals surface area contributed by atoms with Gasteiger partial charge in [0.05, 0.1) is 36.3 Å². The lowest BCUT2D eigenvalue weighted by molar-refractivity contribution is -0.128. The van der Waals surface area contributed by atoms with E-state index >= 15 is 0 Å². The molecule has 9 nitrogen and oxygen atoms in total. The van der Waals surface area contributed by atoms with E-state index in [2.05, 4.69) is 89.7 Å². The molecule has 3 aliphatic heterocycles. The van der Waals surface area contributed by atoms with E-state index in [4.69, 9.17) is 9.72 Å². The lowest BCUT2D eigenvalue weighted by atomic mass is 9.93. The molecule has 0 saturated carbocycles. The number of aromatic nitrogens is 1. The zero-order chi connectivity index (χ0) is 30.1.